The third-order valence-corrected chi connectivity index (χ3v) is 4.13. The number of nitrogens with zero attached hydrogens (tertiary/aromatic N) is 4. The van der Waals surface area contributed by atoms with Gasteiger partial charge in [-0.2, -0.15) is 0 Å². The van der Waals surface area contributed by atoms with Crippen molar-refractivity contribution >= 4 is 17.2 Å². The van der Waals surface area contributed by atoms with E-state index in [1.807, 2.05) is 18.2 Å². The molecular formula is C16H17ClN4. The first-order valence-corrected chi connectivity index (χ1v) is 7.24. The number of hydrogen-bond donors (Lipinski definition) is 0. The van der Waals surface area contributed by atoms with Crippen LogP contribution in [-0.2, 0) is 0 Å². The minimum Gasteiger partial charge on any atom is -0.275 e. The van der Waals surface area contributed by atoms with Crippen LogP contribution in [0.4, 0.5) is 0 Å². The van der Waals surface area contributed by atoms with E-state index in [1.165, 1.54) is 16.7 Å². The van der Waals surface area contributed by atoms with E-state index in [0.717, 1.165) is 22.8 Å². The molecule has 3 rings (SSSR count). The molecule has 0 unspecified atom stereocenters. The average molecular weight is 301 g/mol. The molecule has 1 aromatic carbocycles. The molecule has 4 nitrogen and oxygen atoms in total. The number of aromatic nitrogens is 4. The van der Waals surface area contributed by atoms with E-state index in [0.29, 0.717) is 10.8 Å². The van der Waals surface area contributed by atoms with E-state index in [-0.39, 0.29) is 0 Å². The van der Waals surface area contributed by atoms with Gasteiger partial charge in [-0.1, -0.05) is 29.3 Å². The molecule has 0 spiro atoms. The van der Waals surface area contributed by atoms with Gasteiger partial charge in [0.2, 0.25) is 0 Å². The van der Waals surface area contributed by atoms with E-state index >= 15 is 0 Å². The van der Waals surface area contributed by atoms with Crippen LogP contribution in [0.5, 0.6) is 0 Å². The van der Waals surface area contributed by atoms with Gasteiger partial charge >= 0.3 is 0 Å². The Labute approximate surface area is 128 Å². The Balaban J connectivity index is 2.43. The molecule has 21 heavy (non-hydrogen) atoms. The van der Waals surface area contributed by atoms with Crippen molar-refractivity contribution in [1.82, 2.24) is 19.6 Å². The van der Waals surface area contributed by atoms with Crippen LogP contribution >= 0.6 is 11.6 Å². The van der Waals surface area contributed by atoms with Crippen molar-refractivity contribution in [3.8, 4) is 11.4 Å². The van der Waals surface area contributed by atoms with Crippen molar-refractivity contribution in [1.29, 1.82) is 0 Å². The highest BCUT2D eigenvalue weighted by molar-refractivity contribution is 6.32. The highest BCUT2D eigenvalue weighted by Gasteiger charge is 2.18. The molecule has 108 valence electrons. The van der Waals surface area contributed by atoms with Gasteiger partial charge < -0.3 is 0 Å². The van der Waals surface area contributed by atoms with Gasteiger partial charge in [0.1, 0.15) is 0 Å². The number of halogens is 1. The molecule has 0 aliphatic carbocycles. The summed E-state index contributed by atoms with van der Waals surface area (Å²) < 4.78 is 2.00. The lowest BCUT2D eigenvalue weighted by Crippen LogP contribution is -2.02. The minimum atomic E-state index is 0.388. The van der Waals surface area contributed by atoms with Crippen LogP contribution in [0.1, 0.15) is 28.1 Å². The number of hydrogen-bond acceptors (Lipinski definition) is 3. The largest absolute Gasteiger partial charge is 0.275 e. The van der Waals surface area contributed by atoms with Crippen molar-refractivity contribution in [2.45, 2.75) is 34.6 Å². The van der Waals surface area contributed by atoms with Gasteiger partial charge in [-0.25, -0.2) is 4.98 Å². The van der Waals surface area contributed by atoms with E-state index in [1.54, 1.807) is 0 Å². The third kappa shape index (κ3) is 2.10. The molecule has 0 atom stereocenters. The standard InChI is InChI=1S/C16H17ClN4/c1-8-6-9(2)13(10(3)7-8)15-19-20-16-14(17)18-11(4)12(5)21(15)16/h6-7H,1-5H3. The monoisotopic (exact) mass is 300 g/mol. The van der Waals surface area contributed by atoms with Crippen molar-refractivity contribution in [2.75, 3.05) is 0 Å². The van der Waals surface area contributed by atoms with Crippen molar-refractivity contribution in [3.63, 3.8) is 0 Å². The van der Waals surface area contributed by atoms with Crippen molar-refractivity contribution < 1.29 is 0 Å². The molecule has 0 N–H and O–H groups in total. The maximum atomic E-state index is 6.21. The quantitative estimate of drug-likeness (QED) is 0.682. The predicted octanol–water partition coefficient (Wildman–Crippen LogP) is 3.99. The third-order valence-electron chi connectivity index (χ3n) is 3.87. The number of fused-ring (bicyclic) bond motifs is 1. The van der Waals surface area contributed by atoms with E-state index < -0.39 is 0 Å². The van der Waals surface area contributed by atoms with Crippen LogP contribution in [-0.4, -0.2) is 19.6 Å². The van der Waals surface area contributed by atoms with Gasteiger partial charge in [0, 0.05) is 11.3 Å². The molecule has 2 heterocycles. The number of benzene rings is 1. The van der Waals surface area contributed by atoms with Gasteiger partial charge in [0.15, 0.2) is 16.6 Å². The number of aryl methyl sites for hydroxylation is 5. The highest BCUT2D eigenvalue weighted by atomic mass is 35.5. The first-order valence-electron chi connectivity index (χ1n) is 6.86. The summed E-state index contributed by atoms with van der Waals surface area (Å²) >= 11 is 6.21. The fourth-order valence-corrected chi connectivity index (χ4v) is 3.12. The molecule has 0 bridgehead atoms. The Hall–Kier alpha value is -1.94. The zero-order valence-corrected chi connectivity index (χ0v) is 13.6. The molecule has 0 aliphatic rings. The Morgan fingerprint density at radius 1 is 0.952 bits per heavy atom. The molecule has 0 fully saturated rings. The fourth-order valence-electron chi connectivity index (χ4n) is 2.87. The van der Waals surface area contributed by atoms with Gasteiger partial charge in [0.25, 0.3) is 0 Å². The lowest BCUT2D eigenvalue weighted by atomic mass is 9.99. The van der Waals surface area contributed by atoms with Gasteiger partial charge in [-0.05, 0) is 45.7 Å². The Kier molecular flexibility index (Phi) is 3.21. The summed E-state index contributed by atoms with van der Waals surface area (Å²) in [6.07, 6.45) is 0. The normalized spacial score (nSPS) is 11.3. The van der Waals surface area contributed by atoms with Crippen LogP contribution in [0.25, 0.3) is 17.0 Å². The van der Waals surface area contributed by atoms with Crippen LogP contribution in [0.2, 0.25) is 5.15 Å². The molecular weight excluding hydrogens is 284 g/mol. The Bertz CT molecular complexity index is 841. The maximum Gasteiger partial charge on any atom is 0.199 e. The summed E-state index contributed by atoms with van der Waals surface area (Å²) in [5.41, 5.74) is 7.23. The average Bonchev–Trinajstić information content (AvgIpc) is 2.80. The van der Waals surface area contributed by atoms with Crippen molar-refractivity contribution in [3.05, 3.63) is 45.4 Å². The predicted molar refractivity (Wildman–Crippen MR) is 84.9 cm³/mol. The van der Waals surface area contributed by atoms with Gasteiger partial charge in [0.05, 0.1) is 5.69 Å². The lowest BCUT2D eigenvalue weighted by Gasteiger charge is -2.12. The van der Waals surface area contributed by atoms with Crippen LogP contribution in [0.15, 0.2) is 12.1 Å². The minimum absolute atomic E-state index is 0.388. The zero-order valence-electron chi connectivity index (χ0n) is 12.8. The van der Waals surface area contributed by atoms with Crippen LogP contribution in [0.3, 0.4) is 0 Å². The van der Waals surface area contributed by atoms with Crippen molar-refractivity contribution in [2.24, 2.45) is 0 Å². The van der Waals surface area contributed by atoms with Crippen LogP contribution in [0, 0.1) is 34.6 Å². The Morgan fingerprint density at radius 2 is 1.57 bits per heavy atom. The second-order valence-electron chi connectivity index (χ2n) is 5.53. The van der Waals surface area contributed by atoms with E-state index in [9.17, 15) is 0 Å². The second kappa shape index (κ2) is 4.81. The van der Waals surface area contributed by atoms with E-state index in [4.69, 9.17) is 11.6 Å². The summed E-state index contributed by atoms with van der Waals surface area (Å²) in [6, 6.07) is 4.32. The Morgan fingerprint density at radius 3 is 2.19 bits per heavy atom. The summed E-state index contributed by atoms with van der Waals surface area (Å²) in [7, 11) is 0. The van der Waals surface area contributed by atoms with E-state index in [2.05, 4.69) is 48.1 Å². The van der Waals surface area contributed by atoms with Gasteiger partial charge in [-0.3, -0.25) is 4.40 Å². The highest BCUT2D eigenvalue weighted by Crippen LogP contribution is 2.29. The summed E-state index contributed by atoms with van der Waals surface area (Å²) in [5.74, 6) is 0.824. The zero-order chi connectivity index (χ0) is 15.3. The number of rotatable bonds is 1. The molecule has 0 aliphatic heterocycles. The molecule has 3 aromatic rings. The maximum absolute atomic E-state index is 6.21. The lowest BCUT2D eigenvalue weighted by molar-refractivity contribution is 0.997. The first kappa shape index (κ1) is 14.0. The topological polar surface area (TPSA) is 43.1 Å². The molecule has 0 saturated heterocycles. The smallest absolute Gasteiger partial charge is 0.199 e. The summed E-state index contributed by atoms with van der Waals surface area (Å²) in [4.78, 5) is 4.31. The summed E-state index contributed by atoms with van der Waals surface area (Å²) in [5, 5.41) is 8.98. The first-order chi connectivity index (χ1) is 9.90. The molecule has 5 heteroatoms. The summed E-state index contributed by atoms with van der Waals surface area (Å²) in [6.45, 7) is 10.3. The molecule has 0 amide bonds. The second-order valence-corrected chi connectivity index (χ2v) is 5.89. The molecule has 0 saturated carbocycles. The molecule has 0 radical (unpaired) electrons. The van der Waals surface area contributed by atoms with Gasteiger partial charge in [-0.15, -0.1) is 10.2 Å². The fraction of sp³-hybridized carbons (Fsp3) is 0.312. The van der Waals surface area contributed by atoms with Crippen LogP contribution < -0.4 is 0 Å². The molecule has 2 aromatic heterocycles. The SMILES string of the molecule is Cc1cc(C)c(-c2nnc3c(Cl)nc(C)c(C)n23)c(C)c1.